The zero-order valence-electron chi connectivity index (χ0n) is 15.3. The highest BCUT2D eigenvalue weighted by atomic mass is 32.1. The van der Waals surface area contributed by atoms with Crippen molar-refractivity contribution in [3.05, 3.63) is 57.0 Å². The van der Waals surface area contributed by atoms with Crippen molar-refractivity contribution in [1.82, 2.24) is 5.32 Å². The van der Waals surface area contributed by atoms with Gasteiger partial charge in [0.25, 0.3) is 0 Å². The van der Waals surface area contributed by atoms with E-state index in [0.717, 1.165) is 16.9 Å². The first-order chi connectivity index (χ1) is 13.0. The summed E-state index contributed by atoms with van der Waals surface area (Å²) in [6.45, 7) is 5.41. The third kappa shape index (κ3) is 6.41. The van der Waals surface area contributed by atoms with Gasteiger partial charge in [-0.3, -0.25) is 14.9 Å². The van der Waals surface area contributed by atoms with Gasteiger partial charge in [0.15, 0.2) is 11.5 Å². The summed E-state index contributed by atoms with van der Waals surface area (Å²) in [7, 11) is 0. The zero-order chi connectivity index (χ0) is 19.6. The summed E-state index contributed by atoms with van der Waals surface area (Å²) in [6.07, 6.45) is 3.59. The third-order valence-electron chi connectivity index (χ3n) is 3.51. The molecule has 1 aromatic carbocycles. The Labute approximate surface area is 161 Å². The number of ether oxygens (including phenoxy) is 2. The van der Waals surface area contributed by atoms with Crippen LogP contribution in [-0.4, -0.2) is 30.6 Å². The first-order valence-corrected chi connectivity index (χ1v) is 9.43. The summed E-state index contributed by atoms with van der Waals surface area (Å²) in [6, 6.07) is 8.77. The highest BCUT2D eigenvalue weighted by Crippen LogP contribution is 2.28. The topological polar surface area (TPSA) is 90.7 Å². The molecule has 27 heavy (non-hydrogen) atoms. The van der Waals surface area contributed by atoms with Crippen molar-refractivity contribution < 1.29 is 19.2 Å². The number of benzene rings is 1. The monoisotopic (exact) mass is 390 g/mol. The van der Waals surface area contributed by atoms with Crippen LogP contribution in [0.5, 0.6) is 11.5 Å². The maximum atomic E-state index is 11.9. The van der Waals surface area contributed by atoms with Crippen molar-refractivity contribution in [2.24, 2.45) is 0 Å². The number of thiophene rings is 1. The lowest BCUT2D eigenvalue weighted by Crippen LogP contribution is -2.23. The molecule has 0 radical (unpaired) electrons. The fourth-order valence-electron chi connectivity index (χ4n) is 2.33. The Bertz CT molecular complexity index is 816. The van der Waals surface area contributed by atoms with E-state index >= 15 is 0 Å². The molecule has 0 aliphatic rings. The van der Waals surface area contributed by atoms with Crippen LogP contribution in [0.15, 0.2) is 36.4 Å². The summed E-state index contributed by atoms with van der Waals surface area (Å²) in [5, 5.41) is 13.5. The first kappa shape index (κ1) is 20.4. The highest BCUT2D eigenvalue weighted by Gasteiger charge is 2.08. The van der Waals surface area contributed by atoms with Crippen LogP contribution in [0.2, 0.25) is 0 Å². The molecule has 0 unspecified atom stereocenters. The molecule has 2 aromatic rings. The smallest absolute Gasteiger partial charge is 0.324 e. The average molecular weight is 390 g/mol. The first-order valence-electron chi connectivity index (χ1n) is 8.62. The number of rotatable bonds is 10. The lowest BCUT2D eigenvalue weighted by atomic mass is 10.1. The van der Waals surface area contributed by atoms with Crippen molar-refractivity contribution in [3.8, 4) is 11.5 Å². The minimum absolute atomic E-state index is 0.0515. The number of nitrogens with zero attached hydrogens (tertiary/aromatic N) is 1. The Balaban J connectivity index is 1.85. The lowest BCUT2D eigenvalue weighted by molar-refractivity contribution is -0.380. The molecular formula is C19H22N2O5S. The molecule has 0 atom stereocenters. The van der Waals surface area contributed by atoms with Gasteiger partial charge in [0.05, 0.1) is 18.1 Å². The second-order valence-electron chi connectivity index (χ2n) is 5.45. The quantitative estimate of drug-likeness (QED) is 0.378. The Morgan fingerprint density at radius 3 is 2.59 bits per heavy atom. The van der Waals surface area contributed by atoms with Crippen LogP contribution in [0.1, 0.15) is 24.3 Å². The van der Waals surface area contributed by atoms with Crippen LogP contribution in [0.25, 0.3) is 6.08 Å². The normalized spacial score (nSPS) is 10.7. The molecule has 0 saturated heterocycles. The van der Waals surface area contributed by atoms with E-state index < -0.39 is 4.92 Å². The summed E-state index contributed by atoms with van der Waals surface area (Å²) in [5.41, 5.74) is 1.03. The van der Waals surface area contributed by atoms with Gasteiger partial charge in [-0.05, 0) is 50.1 Å². The molecule has 0 spiro atoms. The molecule has 2 rings (SSSR count). The van der Waals surface area contributed by atoms with Gasteiger partial charge in [0, 0.05) is 23.6 Å². The predicted molar refractivity (Wildman–Crippen MR) is 106 cm³/mol. The van der Waals surface area contributed by atoms with Gasteiger partial charge in [-0.2, -0.15) is 0 Å². The number of hydrogen-bond acceptors (Lipinski definition) is 6. The second-order valence-corrected chi connectivity index (χ2v) is 6.55. The van der Waals surface area contributed by atoms with Gasteiger partial charge in [-0.25, -0.2) is 0 Å². The Kier molecular flexibility index (Phi) is 7.81. The molecule has 1 N–H and O–H groups in total. The molecule has 144 valence electrons. The maximum absolute atomic E-state index is 11.9. The molecule has 8 heteroatoms. The van der Waals surface area contributed by atoms with Gasteiger partial charge in [0.1, 0.15) is 0 Å². The van der Waals surface area contributed by atoms with E-state index in [2.05, 4.69) is 5.32 Å². The minimum Gasteiger partial charge on any atom is -0.490 e. The van der Waals surface area contributed by atoms with Crippen molar-refractivity contribution in [2.75, 3.05) is 19.8 Å². The predicted octanol–water partition coefficient (Wildman–Crippen LogP) is 3.83. The minimum atomic E-state index is -0.449. The van der Waals surface area contributed by atoms with Crippen molar-refractivity contribution in [3.63, 3.8) is 0 Å². The SMILES string of the molecule is CCOc1ccc(CCNC(=O)/C=C/c2ccc([N+](=O)[O-])s2)cc1OCC. The van der Waals surface area contributed by atoms with Gasteiger partial charge in [-0.1, -0.05) is 17.4 Å². The number of carbonyl (C=O) groups excluding carboxylic acids is 1. The molecule has 0 aliphatic carbocycles. The van der Waals surface area contributed by atoms with Crippen LogP contribution in [0.3, 0.4) is 0 Å². The molecule has 0 fully saturated rings. The van der Waals surface area contributed by atoms with E-state index in [9.17, 15) is 14.9 Å². The summed E-state index contributed by atoms with van der Waals surface area (Å²) in [4.78, 5) is 22.7. The van der Waals surface area contributed by atoms with Gasteiger partial charge < -0.3 is 14.8 Å². The molecule has 0 aliphatic heterocycles. The number of carbonyl (C=O) groups is 1. The molecule has 1 aromatic heterocycles. The molecule has 0 bridgehead atoms. The average Bonchev–Trinajstić information content (AvgIpc) is 3.12. The Morgan fingerprint density at radius 1 is 1.19 bits per heavy atom. The van der Waals surface area contributed by atoms with Crippen LogP contribution in [-0.2, 0) is 11.2 Å². The van der Waals surface area contributed by atoms with E-state index in [1.165, 1.54) is 12.1 Å². The third-order valence-corrected chi connectivity index (χ3v) is 4.51. The van der Waals surface area contributed by atoms with Crippen LogP contribution < -0.4 is 14.8 Å². The van der Waals surface area contributed by atoms with Crippen LogP contribution in [0, 0.1) is 10.1 Å². The maximum Gasteiger partial charge on any atom is 0.324 e. The van der Waals surface area contributed by atoms with Gasteiger partial charge in [-0.15, -0.1) is 0 Å². The summed E-state index contributed by atoms with van der Waals surface area (Å²) < 4.78 is 11.1. The fourth-order valence-corrected chi connectivity index (χ4v) is 3.05. The molecule has 7 nitrogen and oxygen atoms in total. The zero-order valence-corrected chi connectivity index (χ0v) is 16.1. The van der Waals surface area contributed by atoms with Gasteiger partial charge >= 0.3 is 5.00 Å². The Morgan fingerprint density at radius 2 is 1.93 bits per heavy atom. The molecule has 1 heterocycles. The molecule has 1 amide bonds. The Hall–Kier alpha value is -2.87. The standard InChI is InChI=1S/C19H22N2O5S/c1-3-25-16-8-5-14(13-17(16)26-4-2)11-12-20-18(22)9-6-15-7-10-19(27-15)21(23)24/h5-10,13H,3-4,11-12H2,1-2H3,(H,20,22)/b9-6+. The number of nitrogens with one attached hydrogen (secondary N) is 1. The molecule has 0 saturated carbocycles. The van der Waals surface area contributed by atoms with Crippen LogP contribution >= 0.6 is 11.3 Å². The summed E-state index contributed by atoms with van der Waals surface area (Å²) >= 11 is 1.02. The second kappa shape index (κ2) is 10.3. The highest BCUT2D eigenvalue weighted by molar-refractivity contribution is 7.16. The van der Waals surface area contributed by atoms with E-state index in [1.807, 2.05) is 32.0 Å². The largest absolute Gasteiger partial charge is 0.490 e. The van der Waals surface area contributed by atoms with Gasteiger partial charge in [0.2, 0.25) is 5.91 Å². The number of amides is 1. The van der Waals surface area contributed by atoms with Crippen molar-refractivity contribution in [1.29, 1.82) is 0 Å². The summed E-state index contributed by atoms with van der Waals surface area (Å²) in [5.74, 6) is 1.16. The van der Waals surface area contributed by atoms with Crippen molar-refractivity contribution >= 4 is 28.3 Å². The number of hydrogen-bond donors (Lipinski definition) is 1. The van der Waals surface area contributed by atoms with E-state index in [-0.39, 0.29) is 10.9 Å². The lowest BCUT2D eigenvalue weighted by Gasteiger charge is -2.12. The fraction of sp³-hybridized carbons (Fsp3) is 0.316. The van der Waals surface area contributed by atoms with Crippen LogP contribution in [0.4, 0.5) is 5.00 Å². The van der Waals surface area contributed by atoms with E-state index in [4.69, 9.17) is 9.47 Å². The van der Waals surface area contributed by atoms with Crippen molar-refractivity contribution in [2.45, 2.75) is 20.3 Å². The number of nitro groups is 1. The van der Waals surface area contributed by atoms with E-state index in [1.54, 1.807) is 12.1 Å². The molecular weight excluding hydrogens is 368 g/mol. The van der Waals surface area contributed by atoms with E-state index in [0.29, 0.717) is 42.6 Å².